The van der Waals surface area contributed by atoms with E-state index in [-0.39, 0.29) is 6.04 Å². The van der Waals surface area contributed by atoms with E-state index in [4.69, 9.17) is 16.1 Å². The lowest BCUT2D eigenvalue weighted by atomic mass is 10.2. The molecule has 16 heavy (non-hydrogen) atoms. The van der Waals surface area contributed by atoms with Crippen molar-refractivity contribution >= 4 is 22.9 Å². The van der Waals surface area contributed by atoms with Crippen LogP contribution in [-0.2, 0) is 0 Å². The minimum Gasteiger partial charge on any atom is -0.333 e. The summed E-state index contributed by atoms with van der Waals surface area (Å²) in [6.45, 7) is 1.02. The molecule has 1 aliphatic heterocycles. The highest BCUT2D eigenvalue weighted by Crippen LogP contribution is 2.33. The average Bonchev–Trinajstić information content (AvgIpc) is 2.96. The molecule has 1 atom stereocenters. The largest absolute Gasteiger partial charge is 0.333 e. The summed E-state index contributed by atoms with van der Waals surface area (Å²) >= 11 is 7.52. The van der Waals surface area contributed by atoms with Crippen LogP contribution in [0, 0.1) is 0 Å². The molecule has 0 saturated carbocycles. The van der Waals surface area contributed by atoms with E-state index >= 15 is 0 Å². The number of hydrogen-bond acceptors (Lipinski definition) is 5. The van der Waals surface area contributed by atoms with Crippen molar-refractivity contribution < 1.29 is 4.52 Å². The van der Waals surface area contributed by atoms with E-state index in [1.807, 2.05) is 11.4 Å². The molecular weight excluding hydrogens is 246 g/mol. The van der Waals surface area contributed by atoms with Crippen LogP contribution >= 0.6 is 22.9 Å². The fraction of sp³-hybridized carbons (Fsp3) is 0.400. The summed E-state index contributed by atoms with van der Waals surface area (Å²) in [7, 11) is 0. The number of halogens is 1. The molecule has 2 aromatic heterocycles. The van der Waals surface area contributed by atoms with Crippen LogP contribution in [0.4, 0.5) is 0 Å². The quantitative estimate of drug-likeness (QED) is 0.897. The minimum absolute atomic E-state index is 0.233. The van der Waals surface area contributed by atoms with Crippen LogP contribution in [0.5, 0.6) is 0 Å². The van der Waals surface area contributed by atoms with Gasteiger partial charge in [-0.15, -0.1) is 11.3 Å². The normalized spacial score (nSPS) is 20.4. The average molecular weight is 256 g/mol. The predicted octanol–water partition coefficient (Wildman–Crippen LogP) is 2.88. The highest BCUT2D eigenvalue weighted by Gasteiger charge is 2.22. The van der Waals surface area contributed by atoms with Crippen molar-refractivity contribution in [1.82, 2.24) is 15.5 Å². The van der Waals surface area contributed by atoms with Crippen molar-refractivity contribution in [2.24, 2.45) is 0 Å². The Hall–Kier alpha value is -0.910. The van der Waals surface area contributed by atoms with Crippen molar-refractivity contribution in [2.75, 3.05) is 6.54 Å². The fourth-order valence-electron chi connectivity index (χ4n) is 1.82. The Morgan fingerprint density at radius 1 is 1.56 bits per heavy atom. The third kappa shape index (κ3) is 1.75. The second-order valence-electron chi connectivity index (χ2n) is 3.70. The van der Waals surface area contributed by atoms with Gasteiger partial charge in [0.15, 0.2) is 5.82 Å². The van der Waals surface area contributed by atoms with E-state index in [0.717, 1.165) is 30.1 Å². The first-order valence-electron chi connectivity index (χ1n) is 5.15. The van der Waals surface area contributed by atoms with Crippen LogP contribution in [0.2, 0.25) is 5.02 Å². The van der Waals surface area contributed by atoms with Crippen molar-refractivity contribution in [1.29, 1.82) is 0 Å². The first-order valence-corrected chi connectivity index (χ1v) is 6.41. The van der Waals surface area contributed by atoms with Gasteiger partial charge in [-0.05, 0) is 30.8 Å². The third-order valence-corrected chi connectivity index (χ3v) is 3.95. The van der Waals surface area contributed by atoms with Gasteiger partial charge in [-0.2, -0.15) is 4.98 Å². The van der Waals surface area contributed by atoms with Gasteiger partial charge in [0.25, 0.3) is 5.89 Å². The SMILES string of the molecule is Clc1ccsc1-c1nc(C2CCCN2)no1. The Morgan fingerprint density at radius 3 is 3.19 bits per heavy atom. The van der Waals surface area contributed by atoms with Gasteiger partial charge in [-0.1, -0.05) is 16.8 Å². The van der Waals surface area contributed by atoms with Crippen molar-refractivity contribution in [3.8, 4) is 10.8 Å². The summed E-state index contributed by atoms with van der Waals surface area (Å²) in [6, 6.07) is 2.07. The van der Waals surface area contributed by atoms with Gasteiger partial charge in [-0.25, -0.2) is 0 Å². The van der Waals surface area contributed by atoms with E-state index in [9.17, 15) is 0 Å². The van der Waals surface area contributed by atoms with Gasteiger partial charge in [0.1, 0.15) is 4.88 Å². The Kier molecular flexibility index (Phi) is 2.67. The van der Waals surface area contributed by atoms with Crippen LogP contribution in [0.3, 0.4) is 0 Å². The Bertz CT molecular complexity index is 490. The summed E-state index contributed by atoms with van der Waals surface area (Å²) in [6.07, 6.45) is 2.23. The van der Waals surface area contributed by atoms with Gasteiger partial charge in [0.2, 0.25) is 0 Å². The molecule has 0 aliphatic carbocycles. The fourth-order valence-corrected chi connectivity index (χ4v) is 2.88. The maximum Gasteiger partial charge on any atom is 0.269 e. The zero-order valence-corrected chi connectivity index (χ0v) is 10.0. The molecule has 1 saturated heterocycles. The lowest BCUT2D eigenvalue weighted by molar-refractivity contribution is 0.413. The van der Waals surface area contributed by atoms with E-state index in [2.05, 4.69) is 15.5 Å². The number of nitrogens with zero attached hydrogens (tertiary/aromatic N) is 2. The van der Waals surface area contributed by atoms with Crippen LogP contribution in [0.15, 0.2) is 16.0 Å². The number of hydrogen-bond donors (Lipinski definition) is 1. The number of thiophene rings is 1. The first kappa shape index (κ1) is 10.3. The first-order chi connectivity index (χ1) is 7.84. The lowest BCUT2D eigenvalue weighted by Crippen LogP contribution is -2.14. The zero-order valence-electron chi connectivity index (χ0n) is 8.44. The molecule has 3 rings (SSSR count). The molecule has 1 fully saturated rings. The molecule has 1 unspecified atom stereocenters. The van der Waals surface area contributed by atoms with Crippen LogP contribution in [0.25, 0.3) is 10.8 Å². The Morgan fingerprint density at radius 2 is 2.50 bits per heavy atom. The molecule has 0 bridgehead atoms. The molecule has 6 heteroatoms. The lowest BCUT2D eigenvalue weighted by Gasteiger charge is -2.01. The summed E-state index contributed by atoms with van der Waals surface area (Å²) in [5, 5.41) is 9.90. The summed E-state index contributed by atoms with van der Waals surface area (Å²) in [5.41, 5.74) is 0. The minimum atomic E-state index is 0.233. The van der Waals surface area contributed by atoms with Gasteiger partial charge in [0, 0.05) is 0 Å². The van der Waals surface area contributed by atoms with Crippen LogP contribution in [0.1, 0.15) is 24.7 Å². The smallest absolute Gasteiger partial charge is 0.269 e. The monoisotopic (exact) mass is 255 g/mol. The molecule has 4 nitrogen and oxygen atoms in total. The highest BCUT2D eigenvalue weighted by atomic mass is 35.5. The van der Waals surface area contributed by atoms with Crippen molar-refractivity contribution in [3.05, 3.63) is 22.3 Å². The van der Waals surface area contributed by atoms with E-state index in [0.29, 0.717) is 10.9 Å². The molecule has 0 spiro atoms. The molecule has 1 N–H and O–H groups in total. The highest BCUT2D eigenvalue weighted by molar-refractivity contribution is 7.14. The van der Waals surface area contributed by atoms with Crippen LogP contribution in [-0.4, -0.2) is 16.7 Å². The van der Waals surface area contributed by atoms with Crippen LogP contribution < -0.4 is 5.32 Å². The molecule has 3 heterocycles. The number of rotatable bonds is 2. The maximum absolute atomic E-state index is 6.01. The van der Waals surface area contributed by atoms with E-state index < -0.39 is 0 Å². The third-order valence-electron chi connectivity index (χ3n) is 2.63. The summed E-state index contributed by atoms with van der Waals surface area (Å²) < 4.78 is 5.23. The molecule has 84 valence electrons. The van der Waals surface area contributed by atoms with E-state index in [1.54, 1.807) is 0 Å². The number of aromatic nitrogens is 2. The molecule has 0 radical (unpaired) electrons. The molecule has 1 aliphatic rings. The van der Waals surface area contributed by atoms with Gasteiger partial charge in [0.05, 0.1) is 11.1 Å². The van der Waals surface area contributed by atoms with E-state index in [1.165, 1.54) is 11.3 Å². The van der Waals surface area contributed by atoms with Gasteiger partial charge < -0.3 is 9.84 Å². The maximum atomic E-state index is 6.01. The molecular formula is C10H10ClN3OS. The standard InChI is InChI=1S/C10H10ClN3OS/c11-6-3-5-16-8(6)10-13-9(14-15-10)7-2-1-4-12-7/h3,5,7,12H,1-2,4H2. The molecule has 2 aromatic rings. The number of nitrogens with one attached hydrogen (secondary N) is 1. The summed E-state index contributed by atoms with van der Waals surface area (Å²) in [5.74, 6) is 1.25. The van der Waals surface area contributed by atoms with Crippen molar-refractivity contribution in [2.45, 2.75) is 18.9 Å². The van der Waals surface area contributed by atoms with Crippen molar-refractivity contribution in [3.63, 3.8) is 0 Å². The topological polar surface area (TPSA) is 51.0 Å². The van der Waals surface area contributed by atoms with Gasteiger partial charge >= 0.3 is 0 Å². The predicted molar refractivity (Wildman–Crippen MR) is 62.6 cm³/mol. The molecule has 0 aromatic carbocycles. The van der Waals surface area contributed by atoms with Gasteiger partial charge in [-0.3, -0.25) is 0 Å². The molecule has 0 amide bonds. The second-order valence-corrected chi connectivity index (χ2v) is 5.03. The zero-order chi connectivity index (χ0) is 11.0. The summed E-state index contributed by atoms with van der Waals surface area (Å²) in [4.78, 5) is 5.23. The Balaban J connectivity index is 1.90. The Labute approximate surface area is 102 Å². The second kappa shape index (κ2) is 4.16.